The molecule has 3 nitrogen and oxygen atoms in total. The molecule has 0 saturated carbocycles. The summed E-state index contributed by atoms with van der Waals surface area (Å²) >= 11 is 0. The summed E-state index contributed by atoms with van der Waals surface area (Å²) in [4.78, 5) is 16.2. The highest BCUT2D eigenvalue weighted by molar-refractivity contribution is 5.74. The van der Waals surface area contributed by atoms with E-state index in [1.807, 2.05) is 36.4 Å². The number of aromatic nitrogens is 2. The first-order valence-electron chi connectivity index (χ1n) is 6.24. The van der Waals surface area contributed by atoms with Crippen LogP contribution in [0.2, 0.25) is 0 Å². The van der Waals surface area contributed by atoms with Crippen molar-refractivity contribution in [3.8, 4) is 0 Å². The Morgan fingerprint density at radius 3 is 2.79 bits per heavy atom. The van der Waals surface area contributed by atoms with Crippen molar-refractivity contribution in [1.82, 2.24) is 9.55 Å². The van der Waals surface area contributed by atoms with E-state index in [1.54, 1.807) is 4.57 Å². The normalized spacial score (nSPS) is 10.8. The van der Waals surface area contributed by atoms with E-state index < -0.39 is 0 Å². The van der Waals surface area contributed by atoms with Crippen LogP contribution < -0.4 is 5.56 Å². The maximum absolute atomic E-state index is 12.0. The molecule has 0 aliphatic carbocycles. The summed E-state index contributed by atoms with van der Waals surface area (Å²) in [6, 6.07) is 15.9. The molecule has 1 heterocycles. The Morgan fingerprint density at radius 1 is 1.11 bits per heavy atom. The van der Waals surface area contributed by atoms with Crippen molar-refractivity contribution in [2.75, 3.05) is 0 Å². The summed E-state index contributed by atoms with van der Waals surface area (Å²) in [5, 5.41) is 0. The predicted octanol–water partition coefficient (Wildman–Crippen LogP) is 2.75. The van der Waals surface area contributed by atoms with Gasteiger partial charge in [-0.1, -0.05) is 42.0 Å². The Kier molecular flexibility index (Phi) is 2.88. The van der Waals surface area contributed by atoms with Crippen molar-refractivity contribution in [3.05, 3.63) is 76.2 Å². The van der Waals surface area contributed by atoms with E-state index in [9.17, 15) is 4.79 Å². The van der Waals surface area contributed by atoms with Gasteiger partial charge in [-0.05, 0) is 24.6 Å². The molecule has 1 aromatic heterocycles. The van der Waals surface area contributed by atoms with Crippen molar-refractivity contribution in [2.24, 2.45) is 0 Å². The van der Waals surface area contributed by atoms with Gasteiger partial charge in [0.1, 0.15) is 0 Å². The standard InChI is InChI=1S/C16H14N2O/c1-12-5-4-6-13(9-12)11-18-15-8-3-2-7-14(15)17-10-16(18)19/h2-10H,11H2,1H3. The average Bonchev–Trinajstić information content (AvgIpc) is 2.42. The fourth-order valence-corrected chi connectivity index (χ4v) is 2.27. The molecule has 0 N–H and O–H groups in total. The van der Waals surface area contributed by atoms with Crippen LogP contribution in [0.5, 0.6) is 0 Å². The van der Waals surface area contributed by atoms with Gasteiger partial charge in [0.05, 0.1) is 23.8 Å². The minimum absolute atomic E-state index is 0.0693. The van der Waals surface area contributed by atoms with Crippen LogP contribution in [-0.2, 0) is 6.54 Å². The van der Waals surface area contributed by atoms with E-state index in [0.29, 0.717) is 6.54 Å². The summed E-state index contributed by atoms with van der Waals surface area (Å²) in [5.74, 6) is 0. The molecule has 0 radical (unpaired) electrons. The van der Waals surface area contributed by atoms with Crippen molar-refractivity contribution >= 4 is 11.0 Å². The number of hydrogen-bond donors (Lipinski definition) is 0. The van der Waals surface area contributed by atoms with Crippen LogP contribution in [0.15, 0.2) is 59.5 Å². The molecule has 0 aliphatic rings. The number of aryl methyl sites for hydroxylation is 1. The number of benzene rings is 2. The lowest BCUT2D eigenvalue weighted by molar-refractivity contribution is 0.786. The number of hydrogen-bond acceptors (Lipinski definition) is 2. The van der Waals surface area contributed by atoms with Gasteiger partial charge < -0.3 is 4.57 Å². The Morgan fingerprint density at radius 2 is 1.95 bits per heavy atom. The quantitative estimate of drug-likeness (QED) is 0.701. The van der Waals surface area contributed by atoms with Crippen LogP contribution in [-0.4, -0.2) is 9.55 Å². The minimum atomic E-state index is -0.0693. The van der Waals surface area contributed by atoms with Gasteiger partial charge in [0, 0.05) is 0 Å². The van der Waals surface area contributed by atoms with E-state index in [-0.39, 0.29) is 5.56 Å². The van der Waals surface area contributed by atoms with Gasteiger partial charge >= 0.3 is 0 Å². The van der Waals surface area contributed by atoms with Crippen LogP contribution >= 0.6 is 0 Å². The molecule has 3 heteroatoms. The number of rotatable bonds is 2. The molecule has 0 amide bonds. The Hall–Kier alpha value is -2.42. The summed E-state index contributed by atoms with van der Waals surface area (Å²) in [7, 11) is 0. The number of nitrogens with zero attached hydrogens (tertiary/aromatic N) is 2. The Bertz CT molecular complexity index is 790. The topological polar surface area (TPSA) is 34.9 Å². The summed E-state index contributed by atoms with van der Waals surface area (Å²) in [6.45, 7) is 2.63. The highest BCUT2D eigenvalue weighted by Crippen LogP contribution is 2.11. The highest BCUT2D eigenvalue weighted by atomic mass is 16.1. The largest absolute Gasteiger partial charge is 0.301 e. The third-order valence-corrected chi connectivity index (χ3v) is 3.18. The molecule has 94 valence electrons. The monoisotopic (exact) mass is 250 g/mol. The average molecular weight is 250 g/mol. The van der Waals surface area contributed by atoms with Gasteiger partial charge in [0.15, 0.2) is 0 Å². The Labute approximate surface area is 111 Å². The zero-order chi connectivity index (χ0) is 13.2. The molecule has 0 bridgehead atoms. The minimum Gasteiger partial charge on any atom is -0.301 e. The first-order valence-corrected chi connectivity index (χ1v) is 6.24. The molecule has 0 spiro atoms. The second kappa shape index (κ2) is 4.69. The second-order valence-electron chi connectivity index (χ2n) is 4.66. The highest BCUT2D eigenvalue weighted by Gasteiger charge is 2.04. The molecule has 3 aromatic rings. The van der Waals surface area contributed by atoms with Gasteiger partial charge in [-0.15, -0.1) is 0 Å². The van der Waals surface area contributed by atoms with Crippen LogP contribution in [0.1, 0.15) is 11.1 Å². The zero-order valence-electron chi connectivity index (χ0n) is 10.7. The van der Waals surface area contributed by atoms with Crippen LogP contribution in [0.4, 0.5) is 0 Å². The third-order valence-electron chi connectivity index (χ3n) is 3.18. The fourth-order valence-electron chi connectivity index (χ4n) is 2.27. The molecule has 0 atom stereocenters. The van der Waals surface area contributed by atoms with Gasteiger partial charge in [-0.3, -0.25) is 4.79 Å². The summed E-state index contributed by atoms with van der Waals surface area (Å²) < 4.78 is 1.76. The van der Waals surface area contributed by atoms with Gasteiger partial charge in [0.2, 0.25) is 0 Å². The fraction of sp³-hybridized carbons (Fsp3) is 0.125. The molecule has 0 fully saturated rings. The maximum atomic E-state index is 12.0. The number of para-hydroxylation sites is 2. The first-order chi connectivity index (χ1) is 9.24. The molecule has 19 heavy (non-hydrogen) atoms. The summed E-state index contributed by atoms with van der Waals surface area (Å²) in [5.41, 5.74) is 3.97. The third kappa shape index (κ3) is 2.27. The van der Waals surface area contributed by atoms with Crippen molar-refractivity contribution in [3.63, 3.8) is 0 Å². The molecule has 0 aliphatic heterocycles. The van der Waals surface area contributed by atoms with Crippen LogP contribution in [0.25, 0.3) is 11.0 Å². The SMILES string of the molecule is Cc1cccc(Cn2c(=O)cnc3ccccc32)c1. The lowest BCUT2D eigenvalue weighted by Gasteiger charge is -2.09. The molecule has 0 unspecified atom stereocenters. The van der Waals surface area contributed by atoms with Crippen molar-refractivity contribution in [1.29, 1.82) is 0 Å². The second-order valence-corrected chi connectivity index (χ2v) is 4.66. The van der Waals surface area contributed by atoms with Crippen molar-refractivity contribution < 1.29 is 0 Å². The predicted molar refractivity (Wildman–Crippen MR) is 76.3 cm³/mol. The maximum Gasteiger partial charge on any atom is 0.269 e. The van der Waals surface area contributed by atoms with E-state index in [0.717, 1.165) is 16.6 Å². The van der Waals surface area contributed by atoms with Gasteiger partial charge in [0.25, 0.3) is 5.56 Å². The summed E-state index contributed by atoms with van der Waals surface area (Å²) in [6.07, 6.45) is 1.39. The van der Waals surface area contributed by atoms with Crippen LogP contribution in [0, 0.1) is 6.92 Å². The smallest absolute Gasteiger partial charge is 0.269 e. The Balaban J connectivity index is 2.14. The van der Waals surface area contributed by atoms with Crippen molar-refractivity contribution in [2.45, 2.75) is 13.5 Å². The molecule has 0 saturated heterocycles. The first kappa shape index (κ1) is 11.7. The lowest BCUT2D eigenvalue weighted by atomic mass is 10.1. The van der Waals surface area contributed by atoms with E-state index >= 15 is 0 Å². The number of fused-ring (bicyclic) bond motifs is 1. The zero-order valence-corrected chi connectivity index (χ0v) is 10.7. The lowest BCUT2D eigenvalue weighted by Crippen LogP contribution is -2.21. The molecular formula is C16H14N2O. The molecular weight excluding hydrogens is 236 g/mol. The van der Waals surface area contributed by atoms with Gasteiger partial charge in [-0.25, -0.2) is 4.98 Å². The van der Waals surface area contributed by atoms with E-state index in [2.05, 4.69) is 24.0 Å². The van der Waals surface area contributed by atoms with E-state index in [4.69, 9.17) is 0 Å². The van der Waals surface area contributed by atoms with E-state index in [1.165, 1.54) is 11.8 Å². The van der Waals surface area contributed by atoms with Gasteiger partial charge in [-0.2, -0.15) is 0 Å². The molecule has 3 rings (SSSR count). The van der Waals surface area contributed by atoms with Crippen LogP contribution in [0.3, 0.4) is 0 Å². The molecule has 2 aromatic carbocycles.